The topological polar surface area (TPSA) is 15.3 Å². The Morgan fingerprint density at radius 2 is 1.83 bits per heavy atom. The molecule has 2 fully saturated rings. The lowest BCUT2D eigenvalue weighted by atomic mass is 9.82. The van der Waals surface area contributed by atoms with E-state index < -0.39 is 0 Å². The zero-order valence-electron chi connectivity index (χ0n) is 8.69. The maximum absolute atomic E-state index is 3.36. The fourth-order valence-electron chi connectivity index (χ4n) is 2.09. The Kier molecular flexibility index (Phi) is 3.53. The molecule has 2 heterocycles. The maximum Gasteiger partial charge on any atom is 0.0455 e. The molecule has 0 atom stereocenters. The quantitative estimate of drug-likeness (QED) is 0.592. The fraction of sp³-hybridized carbons (Fsp3) is 1.00. The van der Waals surface area contributed by atoms with E-state index in [1.807, 2.05) is 13.8 Å². The van der Waals surface area contributed by atoms with Crippen molar-refractivity contribution in [1.82, 2.24) is 10.2 Å². The van der Waals surface area contributed by atoms with Crippen molar-refractivity contribution in [3.05, 3.63) is 0 Å². The van der Waals surface area contributed by atoms with Gasteiger partial charge in [-0.1, -0.05) is 20.3 Å². The molecule has 0 aliphatic carbocycles. The summed E-state index contributed by atoms with van der Waals surface area (Å²) in [7, 11) is 2.26. The molecular formula is C10H22N2. The second kappa shape index (κ2) is 4.24. The van der Waals surface area contributed by atoms with Gasteiger partial charge in [0.2, 0.25) is 0 Å². The Balaban J connectivity index is 0.000000336. The Morgan fingerprint density at radius 3 is 2.17 bits per heavy atom. The van der Waals surface area contributed by atoms with Crippen molar-refractivity contribution >= 4 is 0 Å². The van der Waals surface area contributed by atoms with Gasteiger partial charge >= 0.3 is 0 Å². The van der Waals surface area contributed by atoms with E-state index >= 15 is 0 Å². The standard InChI is InChI=1S/C8H16N2.C2H6/c1-10-5-3-2-4-8(10)6-9-7-8;1-2/h9H,2-7H2,1H3;1-2H3. The Hall–Kier alpha value is -0.0800. The van der Waals surface area contributed by atoms with Gasteiger partial charge in [-0.05, 0) is 26.4 Å². The molecule has 2 saturated heterocycles. The first kappa shape index (κ1) is 10.0. The molecule has 2 nitrogen and oxygen atoms in total. The summed E-state index contributed by atoms with van der Waals surface area (Å²) in [5.74, 6) is 0. The van der Waals surface area contributed by atoms with Crippen molar-refractivity contribution in [2.75, 3.05) is 26.7 Å². The molecule has 1 N–H and O–H groups in total. The first-order valence-electron chi connectivity index (χ1n) is 5.25. The average molecular weight is 170 g/mol. The lowest BCUT2D eigenvalue weighted by molar-refractivity contribution is 0.0255. The molecule has 72 valence electrons. The van der Waals surface area contributed by atoms with Crippen LogP contribution in [0.15, 0.2) is 0 Å². The molecule has 12 heavy (non-hydrogen) atoms. The van der Waals surface area contributed by atoms with Crippen LogP contribution >= 0.6 is 0 Å². The number of likely N-dealkylation sites (tertiary alicyclic amines) is 1. The molecule has 2 rings (SSSR count). The van der Waals surface area contributed by atoms with E-state index in [0.29, 0.717) is 5.54 Å². The van der Waals surface area contributed by atoms with Crippen molar-refractivity contribution in [2.24, 2.45) is 0 Å². The maximum atomic E-state index is 3.36. The van der Waals surface area contributed by atoms with Crippen LogP contribution in [0.2, 0.25) is 0 Å². The van der Waals surface area contributed by atoms with Crippen molar-refractivity contribution in [3.8, 4) is 0 Å². The molecule has 0 unspecified atom stereocenters. The molecule has 0 bridgehead atoms. The van der Waals surface area contributed by atoms with Crippen LogP contribution in [0, 0.1) is 0 Å². The van der Waals surface area contributed by atoms with E-state index in [0.717, 1.165) is 0 Å². The molecule has 0 saturated carbocycles. The number of nitrogens with one attached hydrogen (secondary N) is 1. The van der Waals surface area contributed by atoms with E-state index in [1.165, 1.54) is 38.9 Å². The Bertz CT molecular complexity index is 130. The number of hydrogen-bond acceptors (Lipinski definition) is 2. The van der Waals surface area contributed by atoms with Crippen molar-refractivity contribution in [1.29, 1.82) is 0 Å². The number of likely N-dealkylation sites (N-methyl/N-ethyl adjacent to an activating group) is 1. The lowest BCUT2D eigenvalue weighted by Crippen LogP contribution is -2.69. The molecule has 2 aliphatic rings. The van der Waals surface area contributed by atoms with Crippen LogP contribution in [0.4, 0.5) is 0 Å². The zero-order chi connectivity index (χ0) is 9.03. The molecule has 1 spiro atoms. The zero-order valence-corrected chi connectivity index (χ0v) is 8.69. The highest BCUT2D eigenvalue weighted by atomic mass is 15.3. The first-order valence-corrected chi connectivity index (χ1v) is 5.25. The highest BCUT2D eigenvalue weighted by Gasteiger charge is 2.41. The van der Waals surface area contributed by atoms with Crippen LogP contribution in [0.25, 0.3) is 0 Å². The molecule has 0 aromatic carbocycles. The molecule has 2 aliphatic heterocycles. The van der Waals surface area contributed by atoms with Gasteiger partial charge in [0.1, 0.15) is 0 Å². The number of piperidine rings is 1. The molecule has 0 aromatic rings. The summed E-state index contributed by atoms with van der Waals surface area (Å²) in [6.45, 7) is 7.76. The predicted octanol–water partition coefficient (Wildman–Crippen LogP) is 1.47. The Morgan fingerprint density at radius 1 is 1.17 bits per heavy atom. The minimum atomic E-state index is 0.582. The van der Waals surface area contributed by atoms with Gasteiger partial charge in [-0.2, -0.15) is 0 Å². The van der Waals surface area contributed by atoms with Gasteiger partial charge in [-0.3, -0.25) is 4.90 Å². The molecule has 2 heteroatoms. The van der Waals surface area contributed by atoms with Crippen LogP contribution in [0.5, 0.6) is 0 Å². The minimum Gasteiger partial charge on any atom is -0.313 e. The summed E-state index contributed by atoms with van der Waals surface area (Å²) < 4.78 is 0. The molecule has 0 radical (unpaired) electrons. The van der Waals surface area contributed by atoms with E-state index in [-0.39, 0.29) is 0 Å². The largest absolute Gasteiger partial charge is 0.313 e. The second-order valence-corrected chi connectivity index (χ2v) is 3.71. The summed E-state index contributed by atoms with van der Waals surface area (Å²) in [6, 6.07) is 0. The number of hydrogen-bond donors (Lipinski definition) is 1. The van der Waals surface area contributed by atoms with Gasteiger partial charge in [-0.15, -0.1) is 0 Å². The normalized spacial score (nSPS) is 27.2. The summed E-state index contributed by atoms with van der Waals surface area (Å²) in [4.78, 5) is 2.53. The van der Waals surface area contributed by atoms with Crippen LogP contribution in [0.3, 0.4) is 0 Å². The van der Waals surface area contributed by atoms with Gasteiger partial charge in [-0.25, -0.2) is 0 Å². The van der Waals surface area contributed by atoms with Gasteiger partial charge in [0.05, 0.1) is 0 Å². The summed E-state index contributed by atoms with van der Waals surface area (Å²) >= 11 is 0. The van der Waals surface area contributed by atoms with Crippen LogP contribution in [-0.2, 0) is 0 Å². The summed E-state index contributed by atoms with van der Waals surface area (Å²) in [5.41, 5.74) is 0.582. The number of rotatable bonds is 0. The van der Waals surface area contributed by atoms with E-state index in [2.05, 4.69) is 17.3 Å². The Labute approximate surface area is 76.3 Å². The van der Waals surface area contributed by atoms with Gasteiger partial charge < -0.3 is 5.32 Å². The molecule has 0 amide bonds. The van der Waals surface area contributed by atoms with Gasteiger partial charge in [0.25, 0.3) is 0 Å². The van der Waals surface area contributed by atoms with Crippen LogP contribution in [-0.4, -0.2) is 37.1 Å². The summed E-state index contributed by atoms with van der Waals surface area (Å²) in [6.07, 6.45) is 4.25. The smallest absolute Gasteiger partial charge is 0.0455 e. The predicted molar refractivity (Wildman–Crippen MR) is 53.4 cm³/mol. The van der Waals surface area contributed by atoms with E-state index in [1.54, 1.807) is 0 Å². The third kappa shape index (κ3) is 1.64. The van der Waals surface area contributed by atoms with Crippen molar-refractivity contribution in [3.63, 3.8) is 0 Å². The third-order valence-electron chi connectivity index (χ3n) is 3.10. The lowest BCUT2D eigenvalue weighted by Gasteiger charge is -2.52. The highest BCUT2D eigenvalue weighted by Crippen LogP contribution is 2.29. The van der Waals surface area contributed by atoms with Crippen LogP contribution in [0.1, 0.15) is 33.1 Å². The minimum absolute atomic E-state index is 0.582. The monoisotopic (exact) mass is 170 g/mol. The molecular weight excluding hydrogens is 148 g/mol. The van der Waals surface area contributed by atoms with Crippen LogP contribution < -0.4 is 5.32 Å². The second-order valence-electron chi connectivity index (χ2n) is 3.71. The molecule has 0 aromatic heterocycles. The van der Waals surface area contributed by atoms with Crippen molar-refractivity contribution in [2.45, 2.75) is 38.6 Å². The van der Waals surface area contributed by atoms with E-state index in [4.69, 9.17) is 0 Å². The van der Waals surface area contributed by atoms with Crippen molar-refractivity contribution < 1.29 is 0 Å². The first-order chi connectivity index (χ1) is 5.83. The van der Waals surface area contributed by atoms with Gasteiger partial charge in [0.15, 0.2) is 0 Å². The van der Waals surface area contributed by atoms with Gasteiger partial charge in [0, 0.05) is 18.6 Å². The fourth-order valence-corrected chi connectivity index (χ4v) is 2.09. The summed E-state index contributed by atoms with van der Waals surface area (Å²) in [5, 5.41) is 3.36. The highest BCUT2D eigenvalue weighted by molar-refractivity contribution is 5.02. The van der Waals surface area contributed by atoms with E-state index in [9.17, 15) is 0 Å². The number of nitrogens with zero attached hydrogens (tertiary/aromatic N) is 1. The third-order valence-corrected chi connectivity index (χ3v) is 3.10. The average Bonchev–Trinajstić information content (AvgIpc) is 2.06. The SMILES string of the molecule is CC.CN1CCCCC12CNC2.